The summed E-state index contributed by atoms with van der Waals surface area (Å²) < 4.78 is 38.7. The summed E-state index contributed by atoms with van der Waals surface area (Å²) >= 11 is 0. The molecule has 0 aliphatic heterocycles. The Balaban J connectivity index is 1.83. The molecule has 0 unspecified atom stereocenters. The molecule has 34 heavy (non-hydrogen) atoms. The molecule has 0 radical (unpaired) electrons. The molecule has 0 bridgehead atoms. The SMILES string of the molecule is COc1ccc([C@H](C)NC(=O)CN(Cc2ccccc2)S(=O)(=O)c2ccc(OC)c(C)c2)cc1. The molecule has 3 aromatic rings. The Labute approximate surface area is 201 Å². The van der Waals surface area contributed by atoms with E-state index in [1.165, 1.54) is 17.5 Å². The van der Waals surface area contributed by atoms with Crippen LogP contribution in [0.1, 0.15) is 29.7 Å². The van der Waals surface area contributed by atoms with Crippen molar-refractivity contribution in [3.63, 3.8) is 0 Å². The second-order valence-electron chi connectivity index (χ2n) is 7.95. The van der Waals surface area contributed by atoms with E-state index in [0.29, 0.717) is 11.3 Å². The van der Waals surface area contributed by atoms with E-state index in [1.807, 2.05) is 61.5 Å². The molecule has 1 atom stereocenters. The summed E-state index contributed by atoms with van der Waals surface area (Å²) in [6.45, 7) is 3.38. The van der Waals surface area contributed by atoms with E-state index in [2.05, 4.69) is 5.32 Å². The molecule has 3 aromatic carbocycles. The quantitative estimate of drug-likeness (QED) is 0.471. The molecule has 0 fully saturated rings. The second-order valence-corrected chi connectivity index (χ2v) is 9.89. The highest BCUT2D eigenvalue weighted by molar-refractivity contribution is 7.89. The minimum absolute atomic E-state index is 0.0680. The molecule has 1 N–H and O–H groups in total. The van der Waals surface area contributed by atoms with Gasteiger partial charge in [0.15, 0.2) is 0 Å². The highest BCUT2D eigenvalue weighted by atomic mass is 32.2. The van der Waals surface area contributed by atoms with Gasteiger partial charge in [0.1, 0.15) is 11.5 Å². The molecule has 0 aliphatic rings. The number of benzene rings is 3. The number of rotatable bonds is 10. The monoisotopic (exact) mass is 482 g/mol. The van der Waals surface area contributed by atoms with Gasteiger partial charge in [0.2, 0.25) is 15.9 Å². The van der Waals surface area contributed by atoms with E-state index in [1.54, 1.807) is 26.2 Å². The summed E-state index contributed by atoms with van der Waals surface area (Å²) in [6.07, 6.45) is 0. The normalized spacial score (nSPS) is 12.3. The number of methoxy groups -OCH3 is 2. The fraction of sp³-hybridized carbons (Fsp3) is 0.269. The van der Waals surface area contributed by atoms with Crippen molar-refractivity contribution in [3.8, 4) is 11.5 Å². The van der Waals surface area contributed by atoms with Crippen molar-refractivity contribution in [2.45, 2.75) is 31.3 Å². The maximum absolute atomic E-state index is 13.5. The van der Waals surface area contributed by atoms with Crippen molar-refractivity contribution in [1.82, 2.24) is 9.62 Å². The molecule has 7 nitrogen and oxygen atoms in total. The number of aryl methyl sites for hydroxylation is 1. The van der Waals surface area contributed by atoms with Gasteiger partial charge < -0.3 is 14.8 Å². The third kappa shape index (κ3) is 6.15. The fourth-order valence-corrected chi connectivity index (χ4v) is 5.07. The van der Waals surface area contributed by atoms with Gasteiger partial charge in [-0.25, -0.2) is 8.42 Å². The average Bonchev–Trinajstić information content (AvgIpc) is 2.84. The Morgan fingerprint density at radius 1 is 0.971 bits per heavy atom. The predicted octanol–water partition coefficient (Wildman–Crippen LogP) is 4.08. The molecular formula is C26H30N2O5S. The Kier molecular flexibility index (Phi) is 8.31. The maximum atomic E-state index is 13.5. The van der Waals surface area contributed by atoms with Crippen LogP contribution in [0.3, 0.4) is 0 Å². The number of sulfonamides is 1. The molecule has 0 spiro atoms. The Hall–Kier alpha value is -3.36. The molecule has 0 heterocycles. The second kappa shape index (κ2) is 11.2. The van der Waals surface area contributed by atoms with Crippen LogP contribution in [0.25, 0.3) is 0 Å². The third-order valence-corrected chi connectivity index (χ3v) is 7.31. The van der Waals surface area contributed by atoms with Crippen LogP contribution in [0.2, 0.25) is 0 Å². The highest BCUT2D eigenvalue weighted by Crippen LogP contribution is 2.25. The van der Waals surface area contributed by atoms with Gasteiger partial charge in [-0.2, -0.15) is 4.31 Å². The van der Waals surface area contributed by atoms with Crippen molar-refractivity contribution in [3.05, 3.63) is 89.5 Å². The Bertz CT molecular complexity index is 1210. The van der Waals surface area contributed by atoms with Gasteiger partial charge in [-0.3, -0.25) is 4.79 Å². The van der Waals surface area contributed by atoms with Crippen LogP contribution >= 0.6 is 0 Å². The van der Waals surface area contributed by atoms with Crippen LogP contribution in [0.15, 0.2) is 77.7 Å². The zero-order chi connectivity index (χ0) is 24.7. The lowest BCUT2D eigenvalue weighted by atomic mass is 10.1. The van der Waals surface area contributed by atoms with E-state index in [4.69, 9.17) is 9.47 Å². The molecule has 1 amide bonds. The molecule has 0 aliphatic carbocycles. The minimum Gasteiger partial charge on any atom is -0.497 e. The van der Waals surface area contributed by atoms with Crippen molar-refractivity contribution in [2.75, 3.05) is 20.8 Å². The zero-order valence-corrected chi connectivity index (χ0v) is 20.6. The summed E-state index contributed by atoms with van der Waals surface area (Å²) in [5, 5.41) is 2.90. The van der Waals surface area contributed by atoms with E-state index < -0.39 is 15.9 Å². The number of hydrogen-bond acceptors (Lipinski definition) is 5. The van der Waals surface area contributed by atoms with Gasteiger partial charge in [-0.05, 0) is 60.9 Å². The topological polar surface area (TPSA) is 84.9 Å². The van der Waals surface area contributed by atoms with Gasteiger partial charge in [-0.1, -0.05) is 42.5 Å². The summed E-state index contributed by atoms with van der Waals surface area (Å²) in [5.41, 5.74) is 2.37. The number of carbonyl (C=O) groups excluding carboxylic acids is 1. The molecule has 0 saturated carbocycles. The van der Waals surface area contributed by atoms with Gasteiger partial charge in [0, 0.05) is 6.54 Å². The number of ether oxygens (including phenoxy) is 2. The first-order valence-electron chi connectivity index (χ1n) is 10.9. The van der Waals surface area contributed by atoms with E-state index in [-0.39, 0.29) is 24.0 Å². The van der Waals surface area contributed by atoms with E-state index >= 15 is 0 Å². The molecule has 3 rings (SSSR count). The average molecular weight is 483 g/mol. The first-order valence-corrected chi connectivity index (χ1v) is 12.3. The number of nitrogens with zero attached hydrogens (tertiary/aromatic N) is 1. The smallest absolute Gasteiger partial charge is 0.243 e. The number of carbonyl (C=O) groups is 1. The van der Waals surface area contributed by atoms with Crippen LogP contribution in [-0.4, -0.2) is 39.4 Å². The van der Waals surface area contributed by atoms with Crippen LogP contribution in [0, 0.1) is 6.92 Å². The largest absolute Gasteiger partial charge is 0.497 e. The van der Waals surface area contributed by atoms with Crippen molar-refractivity contribution < 1.29 is 22.7 Å². The predicted molar refractivity (Wildman–Crippen MR) is 131 cm³/mol. The standard InChI is InChI=1S/C26H30N2O5S/c1-19-16-24(14-15-25(19)33-4)34(30,31)28(17-21-8-6-5-7-9-21)18-26(29)27-20(2)22-10-12-23(32-3)13-11-22/h5-16,20H,17-18H2,1-4H3,(H,27,29)/t20-/m0/s1. The fourth-order valence-electron chi connectivity index (χ4n) is 3.60. The highest BCUT2D eigenvalue weighted by Gasteiger charge is 2.28. The zero-order valence-electron chi connectivity index (χ0n) is 19.8. The van der Waals surface area contributed by atoms with Crippen LogP contribution in [0.5, 0.6) is 11.5 Å². The van der Waals surface area contributed by atoms with Crippen LogP contribution in [0.4, 0.5) is 0 Å². The van der Waals surface area contributed by atoms with Gasteiger partial charge in [0.05, 0.1) is 31.7 Å². The van der Waals surface area contributed by atoms with Gasteiger partial charge >= 0.3 is 0 Å². The molecule has 8 heteroatoms. The van der Waals surface area contributed by atoms with Crippen molar-refractivity contribution >= 4 is 15.9 Å². The van der Waals surface area contributed by atoms with Crippen LogP contribution in [-0.2, 0) is 21.4 Å². The van der Waals surface area contributed by atoms with Crippen molar-refractivity contribution in [1.29, 1.82) is 0 Å². The van der Waals surface area contributed by atoms with E-state index in [0.717, 1.165) is 16.9 Å². The van der Waals surface area contributed by atoms with Gasteiger partial charge in [-0.15, -0.1) is 0 Å². The van der Waals surface area contributed by atoms with Crippen LogP contribution < -0.4 is 14.8 Å². The van der Waals surface area contributed by atoms with Crippen molar-refractivity contribution in [2.24, 2.45) is 0 Å². The summed E-state index contributed by atoms with van der Waals surface area (Å²) in [6, 6.07) is 20.9. The Morgan fingerprint density at radius 2 is 1.65 bits per heavy atom. The molecule has 0 saturated heterocycles. The summed E-state index contributed by atoms with van der Waals surface area (Å²) in [5.74, 6) is 0.921. The molecule has 180 valence electrons. The minimum atomic E-state index is -3.95. The number of nitrogens with one attached hydrogen (secondary N) is 1. The summed E-state index contributed by atoms with van der Waals surface area (Å²) in [4.78, 5) is 13.0. The lowest BCUT2D eigenvalue weighted by molar-refractivity contribution is -0.122. The first-order chi connectivity index (χ1) is 16.2. The lowest BCUT2D eigenvalue weighted by Gasteiger charge is -2.24. The van der Waals surface area contributed by atoms with Gasteiger partial charge in [0.25, 0.3) is 0 Å². The lowest BCUT2D eigenvalue weighted by Crippen LogP contribution is -2.41. The maximum Gasteiger partial charge on any atom is 0.243 e. The Morgan fingerprint density at radius 3 is 2.24 bits per heavy atom. The molecular weight excluding hydrogens is 452 g/mol. The summed E-state index contributed by atoms with van der Waals surface area (Å²) in [7, 11) is -0.827. The number of hydrogen-bond donors (Lipinski definition) is 1. The first kappa shape index (κ1) is 25.3. The van der Waals surface area contributed by atoms with E-state index in [9.17, 15) is 13.2 Å². The third-order valence-electron chi connectivity index (χ3n) is 5.52. The molecule has 0 aromatic heterocycles. The number of amides is 1.